The predicted molar refractivity (Wildman–Crippen MR) is 70.9 cm³/mol. The molecule has 1 aromatic heterocycles. The van der Waals surface area contributed by atoms with E-state index in [9.17, 15) is 0 Å². The first-order valence-corrected chi connectivity index (χ1v) is 6.85. The zero-order chi connectivity index (χ0) is 12.1. The van der Waals surface area contributed by atoms with Crippen LogP contribution in [-0.4, -0.2) is 12.6 Å². The number of rotatable bonds is 6. The van der Waals surface area contributed by atoms with Gasteiger partial charge in [0.05, 0.1) is 0 Å². The molecule has 0 bridgehead atoms. The van der Waals surface area contributed by atoms with Crippen molar-refractivity contribution in [2.24, 2.45) is 11.7 Å². The summed E-state index contributed by atoms with van der Waals surface area (Å²) in [5.74, 6) is 0.548. The molecule has 0 aliphatic rings. The minimum absolute atomic E-state index is 0.0624. The predicted octanol–water partition coefficient (Wildman–Crippen LogP) is 3.51. The van der Waals surface area contributed by atoms with E-state index in [4.69, 9.17) is 10.5 Å². The lowest BCUT2D eigenvalue weighted by atomic mass is 10.1. The fourth-order valence-electron chi connectivity index (χ4n) is 1.58. The second-order valence-corrected chi connectivity index (χ2v) is 5.64. The molecule has 0 saturated heterocycles. The first-order valence-electron chi connectivity index (χ1n) is 5.97. The Bertz CT molecular complexity index is 309. The van der Waals surface area contributed by atoms with E-state index in [2.05, 4.69) is 39.1 Å². The molecule has 1 rings (SSSR count). The highest BCUT2D eigenvalue weighted by atomic mass is 32.1. The lowest BCUT2D eigenvalue weighted by Gasteiger charge is -2.24. The van der Waals surface area contributed by atoms with Gasteiger partial charge in [0.25, 0.3) is 0 Å². The van der Waals surface area contributed by atoms with Crippen LogP contribution in [0.4, 0.5) is 0 Å². The highest BCUT2D eigenvalue weighted by Crippen LogP contribution is 2.30. The fourth-order valence-corrected chi connectivity index (χ4v) is 2.63. The maximum Gasteiger partial charge on any atom is 0.107 e. The molecule has 0 aliphatic carbocycles. The number of thiophene rings is 1. The third-order valence-electron chi connectivity index (χ3n) is 2.63. The van der Waals surface area contributed by atoms with E-state index in [-0.39, 0.29) is 12.1 Å². The van der Waals surface area contributed by atoms with Gasteiger partial charge in [-0.05, 0) is 36.3 Å². The molecule has 2 N–H and O–H groups in total. The second-order valence-electron chi connectivity index (χ2n) is 4.69. The van der Waals surface area contributed by atoms with Gasteiger partial charge in [0.1, 0.15) is 6.10 Å². The molecule has 0 aromatic carbocycles. The van der Waals surface area contributed by atoms with Crippen LogP contribution in [0.25, 0.3) is 0 Å². The molecule has 0 radical (unpaired) electrons. The standard InChI is InChI=1S/C13H23NOS/c1-5-11(14)12(15-8-9(2)3)13-10(4)6-7-16-13/h6-7,9,11-12H,5,8,14H2,1-4H3. The van der Waals surface area contributed by atoms with Crippen molar-refractivity contribution in [2.75, 3.05) is 6.61 Å². The van der Waals surface area contributed by atoms with Gasteiger partial charge in [-0.15, -0.1) is 11.3 Å². The van der Waals surface area contributed by atoms with Crippen LogP contribution in [0.3, 0.4) is 0 Å². The van der Waals surface area contributed by atoms with E-state index in [1.807, 2.05) is 0 Å². The van der Waals surface area contributed by atoms with Crippen LogP contribution in [0.15, 0.2) is 11.4 Å². The molecular weight excluding hydrogens is 218 g/mol. The van der Waals surface area contributed by atoms with Gasteiger partial charge in [0.15, 0.2) is 0 Å². The Hall–Kier alpha value is -0.380. The van der Waals surface area contributed by atoms with Gasteiger partial charge in [-0.2, -0.15) is 0 Å². The third kappa shape index (κ3) is 3.58. The van der Waals surface area contributed by atoms with Gasteiger partial charge in [-0.25, -0.2) is 0 Å². The first kappa shape index (κ1) is 13.7. The minimum atomic E-state index is 0.0624. The number of nitrogens with two attached hydrogens (primary N) is 1. The monoisotopic (exact) mass is 241 g/mol. The van der Waals surface area contributed by atoms with Gasteiger partial charge in [0, 0.05) is 17.5 Å². The van der Waals surface area contributed by atoms with Crippen LogP contribution in [0.2, 0.25) is 0 Å². The zero-order valence-corrected chi connectivity index (χ0v) is 11.5. The van der Waals surface area contributed by atoms with Crippen LogP contribution >= 0.6 is 11.3 Å². The molecule has 0 amide bonds. The Morgan fingerprint density at radius 2 is 2.12 bits per heavy atom. The summed E-state index contributed by atoms with van der Waals surface area (Å²) in [7, 11) is 0. The molecule has 1 heterocycles. The topological polar surface area (TPSA) is 35.2 Å². The molecular formula is C13H23NOS. The summed E-state index contributed by atoms with van der Waals surface area (Å²) in [5.41, 5.74) is 7.44. The average molecular weight is 241 g/mol. The van der Waals surface area contributed by atoms with Gasteiger partial charge < -0.3 is 10.5 Å². The van der Waals surface area contributed by atoms with E-state index >= 15 is 0 Å². The molecule has 0 saturated carbocycles. The minimum Gasteiger partial charge on any atom is -0.371 e. The van der Waals surface area contributed by atoms with Crippen molar-refractivity contribution in [3.8, 4) is 0 Å². The van der Waals surface area contributed by atoms with E-state index in [0.717, 1.165) is 13.0 Å². The molecule has 16 heavy (non-hydrogen) atoms. The number of aryl methyl sites for hydroxylation is 1. The van der Waals surface area contributed by atoms with Crippen molar-refractivity contribution in [3.63, 3.8) is 0 Å². The lowest BCUT2D eigenvalue weighted by molar-refractivity contribution is 0.0196. The number of hydrogen-bond donors (Lipinski definition) is 1. The van der Waals surface area contributed by atoms with Crippen molar-refractivity contribution >= 4 is 11.3 Å². The summed E-state index contributed by atoms with van der Waals surface area (Å²) in [6, 6.07) is 2.23. The largest absolute Gasteiger partial charge is 0.371 e. The van der Waals surface area contributed by atoms with Crippen LogP contribution in [0.1, 0.15) is 43.7 Å². The summed E-state index contributed by atoms with van der Waals surface area (Å²) in [5, 5.41) is 2.11. The summed E-state index contributed by atoms with van der Waals surface area (Å²) in [4.78, 5) is 1.29. The average Bonchev–Trinajstić information content (AvgIpc) is 2.64. The maximum atomic E-state index is 6.15. The molecule has 92 valence electrons. The fraction of sp³-hybridized carbons (Fsp3) is 0.692. The summed E-state index contributed by atoms with van der Waals surface area (Å²) in [6.07, 6.45) is 1.01. The van der Waals surface area contributed by atoms with Crippen LogP contribution < -0.4 is 5.73 Å². The van der Waals surface area contributed by atoms with Gasteiger partial charge in [-0.3, -0.25) is 0 Å². The normalized spacial score (nSPS) is 15.4. The van der Waals surface area contributed by atoms with E-state index in [0.29, 0.717) is 5.92 Å². The molecule has 2 unspecified atom stereocenters. The Kier molecular flexibility index (Phi) is 5.46. The maximum absolute atomic E-state index is 6.15. The molecule has 3 heteroatoms. The Morgan fingerprint density at radius 1 is 1.44 bits per heavy atom. The van der Waals surface area contributed by atoms with Crippen LogP contribution in [0.5, 0.6) is 0 Å². The molecule has 0 aliphatic heterocycles. The van der Waals surface area contributed by atoms with Crippen molar-refractivity contribution < 1.29 is 4.74 Å². The van der Waals surface area contributed by atoms with E-state index in [1.54, 1.807) is 11.3 Å². The van der Waals surface area contributed by atoms with Crippen molar-refractivity contribution in [1.82, 2.24) is 0 Å². The zero-order valence-electron chi connectivity index (χ0n) is 10.7. The molecule has 0 spiro atoms. The smallest absolute Gasteiger partial charge is 0.107 e. The highest BCUT2D eigenvalue weighted by molar-refractivity contribution is 7.10. The first-order chi connectivity index (χ1) is 7.56. The van der Waals surface area contributed by atoms with Gasteiger partial charge >= 0.3 is 0 Å². The summed E-state index contributed by atoms with van der Waals surface area (Å²) in [6.45, 7) is 9.33. The van der Waals surface area contributed by atoms with Gasteiger partial charge in [-0.1, -0.05) is 20.8 Å². The lowest BCUT2D eigenvalue weighted by Crippen LogP contribution is -2.30. The van der Waals surface area contributed by atoms with Crippen molar-refractivity contribution in [3.05, 3.63) is 21.9 Å². The van der Waals surface area contributed by atoms with Crippen molar-refractivity contribution in [1.29, 1.82) is 0 Å². The number of ether oxygens (including phenoxy) is 1. The van der Waals surface area contributed by atoms with E-state index < -0.39 is 0 Å². The number of hydrogen-bond acceptors (Lipinski definition) is 3. The molecule has 2 nitrogen and oxygen atoms in total. The Morgan fingerprint density at radius 3 is 2.56 bits per heavy atom. The Balaban J connectivity index is 2.75. The molecule has 0 fully saturated rings. The molecule has 2 atom stereocenters. The third-order valence-corrected chi connectivity index (χ3v) is 3.71. The van der Waals surface area contributed by atoms with E-state index in [1.165, 1.54) is 10.4 Å². The van der Waals surface area contributed by atoms with Crippen molar-refractivity contribution in [2.45, 2.75) is 46.3 Å². The van der Waals surface area contributed by atoms with Gasteiger partial charge in [0.2, 0.25) is 0 Å². The summed E-state index contributed by atoms with van der Waals surface area (Å²) < 4.78 is 5.97. The Labute approximate surface area is 103 Å². The quantitative estimate of drug-likeness (QED) is 0.827. The summed E-state index contributed by atoms with van der Waals surface area (Å²) >= 11 is 1.75. The SMILES string of the molecule is CCC(N)C(OCC(C)C)c1sccc1C. The van der Waals surface area contributed by atoms with Crippen LogP contribution in [-0.2, 0) is 4.74 Å². The second kappa shape index (κ2) is 6.38. The van der Waals surface area contributed by atoms with Crippen LogP contribution in [0, 0.1) is 12.8 Å². The molecule has 1 aromatic rings. The highest BCUT2D eigenvalue weighted by Gasteiger charge is 2.22.